The van der Waals surface area contributed by atoms with E-state index in [1.807, 2.05) is 23.9 Å². The van der Waals surface area contributed by atoms with Crippen molar-refractivity contribution in [3.05, 3.63) is 69.7 Å². The molecule has 4 aromatic rings. The molecule has 0 radical (unpaired) electrons. The molecule has 2 N–H and O–H groups in total. The quantitative estimate of drug-likeness (QED) is 0.322. The summed E-state index contributed by atoms with van der Waals surface area (Å²) in [6, 6.07) is 4.56. The highest BCUT2D eigenvalue weighted by Crippen LogP contribution is 2.50. The van der Waals surface area contributed by atoms with Gasteiger partial charge in [-0.3, -0.25) is 9.78 Å². The Hall–Kier alpha value is -4.38. The average molecular weight is 561 g/mol. The molecule has 1 aromatic carbocycles. The molecule has 1 saturated heterocycles. The maximum absolute atomic E-state index is 16.0. The summed E-state index contributed by atoms with van der Waals surface area (Å²) in [6.07, 6.45) is 5.35. The lowest BCUT2D eigenvalue weighted by Gasteiger charge is -2.28. The number of halogens is 2. The topological polar surface area (TPSA) is 104 Å². The summed E-state index contributed by atoms with van der Waals surface area (Å²) in [5, 5.41) is 12.8. The standard InChI is InChI=1S/C30H30F2N6O3/c1-33-23-9-17(31)8-19-18(23)10-24-25(19)26(38-6-5-30(32,15-38)14-36(2)3)21(12-34-24)16-7-20-27(39)22(29(40)41)13-37(4)28(20)35-11-16/h7-9,11-13,33H,5-6,10,14-15H2,1-4H3,(H,40,41). The molecule has 9 nitrogen and oxygen atoms in total. The van der Waals surface area contributed by atoms with Crippen LogP contribution in [0.3, 0.4) is 0 Å². The Bertz CT molecular complexity index is 1800. The van der Waals surface area contributed by atoms with Crippen molar-refractivity contribution in [1.82, 2.24) is 19.4 Å². The molecule has 2 aliphatic rings. The van der Waals surface area contributed by atoms with Gasteiger partial charge in [0.05, 0.1) is 23.3 Å². The third-order valence-electron chi connectivity index (χ3n) is 8.00. The number of aromatic carboxylic acids is 1. The van der Waals surface area contributed by atoms with E-state index in [-0.39, 0.29) is 24.0 Å². The van der Waals surface area contributed by atoms with Gasteiger partial charge in [0.1, 0.15) is 22.7 Å². The van der Waals surface area contributed by atoms with E-state index in [4.69, 9.17) is 4.98 Å². The molecule has 0 saturated carbocycles. The first kappa shape index (κ1) is 26.8. The Morgan fingerprint density at radius 1 is 1.20 bits per heavy atom. The van der Waals surface area contributed by atoms with Gasteiger partial charge < -0.3 is 24.8 Å². The van der Waals surface area contributed by atoms with E-state index in [0.29, 0.717) is 53.1 Å². The van der Waals surface area contributed by atoms with Crippen molar-refractivity contribution >= 4 is 28.4 Å². The van der Waals surface area contributed by atoms with E-state index in [9.17, 15) is 19.1 Å². The maximum atomic E-state index is 16.0. The highest BCUT2D eigenvalue weighted by atomic mass is 19.1. The highest BCUT2D eigenvalue weighted by molar-refractivity contribution is 5.98. The zero-order chi connectivity index (χ0) is 29.2. The van der Waals surface area contributed by atoms with Crippen LogP contribution in [0.5, 0.6) is 0 Å². The molecule has 6 rings (SSSR count). The molecular weight excluding hydrogens is 530 g/mol. The number of hydrogen-bond acceptors (Lipinski definition) is 7. The number of fused-ring (bicyclic) bond motifs is 4. The predicted molar refractivity (Wildman–Crippen MR) is 154 cm³/mol. The average Bonchev–Trinajstić information content (AvgIpc) is 3.49. The number of carbonyl (C=O) groups is 1. The van der Waals surface area contributed by atoms with Crippen molar-refractivity contribution in [3.8, 4) is 22.3 Å². The van der Waals surface area contributed by atoms with Gasteiger partial charge >= 0.3 is 5.97 Å². The van der Waals surface area contributed by atoms with Gasteiger partial charge in [-0.05, 0) is 43.4 Å². The molecule has 3 aromatic heterocycles. The molecule has 0 spiro atoms. The summed E-state index contributed by atoms with van der Waals surface area (Å²) >= 11 is 0. The fraction of sp³-hybridized carbons (Fsp3) is 0.333. The minimum atomic E-state index is -1.45. The first-order valence-corrected chi connectivity index (χ1v) is 13.3. The summed E-state index contributed by atoms with van der Waals surface area (Å²) in [6.45, 7) is 0.820. The third-order valence-corrected chi connectivity index (χ3v) is 8.00. The van der Waals surface area contributed by atoms with E-state index in [1.165, 1.54) is 22.9 Å². The van der Waals surface area contributed by atoms with Gasteiger partial charge in [0.15, 0.2) is 0 Å². The summed E-state index contributed by atoms with van der Waals surface area (Å²) < 4.78 is 32.3. The number of alkyl halides is 1. The summed E-state index contributed by atoms with van der Waals surface area (Å²) in [7, 11) is 7.04. The molecule has 0 amide bonds. The van der Waals surface area contributed by atoms with Gasteiger partial charge in [0.2, 0.25) is 5.43 Å². The highest BCUT2D eigenvalue weighted by Gasteiger charge is 2.41. The van der Waals surface area contributed by atoms with Crippen LogP contribution in [0.4, 0.5) is 20.2 Å². The van der Waals surface area contributed by atoms with E-state index in [0.717, 1.165) is 16.8 Å². The number of hydrogen-bond donors (Lipinski definition) is 2. The minimum Gasteiger partial charge on any atom is -0.477 e. The molecule has 41 heavy (non-hydrogen) atoms. The van der Waals surface area contributed by atoms with Crippen molar-refractivity contribution < 1.29 is 18.7 Å². The van der Waals surface area contributed by atoms with E-state index >= 15 is 4.39 Å². The van der Waals surface area contributed by atoms with Gasteiger partial charge in [-0.25, -0.2) is 18.6 Å². The number of nitrogens with one attached hydrogen (secondary N) is 1. The Labute approximate surface area is 235 Å². The van der Waals surface area contributed by atoms with Crippen LogP contribution in [0.25, 0.3) is 33.3 Å². The van der Waals surface area contributed by atoms with Gasteiger partial charge in [-0.2, -0.15) is 0 Å². The smallest absolute Gasteiger partial charge is 0.341 e. The van der Waals surface area contributed by atoms with Crippen LogP contribution in [0.2, 0.25) is 0 Å². The van der Waals surface area contributed by atoms with Gasteiger partial charge in [-0.15, -0.1) is 0 Å². The fourth-order valence-corrected chi connectivity index (χ4v) is 6.32. The second-order valence-corrected chi connectivity index (χ2v) is 11.2. The monoisotopic (exact) mass is 560 g/mol. The number of anilines is 2. The van der Waals surface area contributed by atoms with Crippen LogP contribution in [-0.4, -0.2) is 77.0 Å². The molecule has 11 heteroatoms. The van der Waals surface area contributed by atoms with E-state index in [1.54, 1.807) is 32.6 Å². The SMILES string of the molecule is CNc1cc(F)cc2c1Cc1ncc(-c3cnc4c(c3)c(=O)c(C(=O)O)cn4C)c(N3CCC(F)(CN(C)C)C3)c1-2. The van der Waals surface area contributed by atoms with Crippen LogP contribution in [0, 0.1) is 5.82 Å². The summed E-state index contributed by atoms with van der Waals surface area (Å²) in [5.74, 6) is -1.72. The molecule has 1 unspecified atom stereocenters. The number of carboxylic acids is 1. The Morgan fingerprint density at radius 3 is 2.68 bits per heavy atom. The zero-order valence-electron chi connectivity index (χ0n) is 23.3. The van der Waals surface area contributed by atoms with Crippen LogP contribution in [-0.2, 0) is 13.5 Å². The maximum Gasteiger partial charge on any atom is 0.341 e. The van der Waals surface area contributed by atoms with Crippen molar-refractivity contribution in [2.24, 2.45) is 7.05 Å². The van der Waals surface area contributed by atoms with E-state index < -0.39 is 22.9 Å². The molecule has 1 aliphatic carbocycles. The van der Waals surface area contributed by atoms with Crippen LogP contribution in [0.1, 0.15) is 28.0 Å². The van der Waals surface area contributed by atoms with Crippen molar-refractivity contribution in [3.63, 3.8) is 0 Å². The number of aryl methyl sites for hydroxylation is 1. The molecule has 0 bridgehead atoms. The molecule has 1 aliphatic heterocycles. The Kier molecular flexibility index (Phi) is 6.29. The lowest BCUT2D eigenvalue weighted by molar-refractivity contribution is 0.0695. The Balaban J connectivity index is 1.61. The van der Waals surface area contributed by atoms with Crippen LogP contribution >= 0.6 is 0 Å². The van der Waals surface area contributed by atoms with Gasteiger partial charge in [0.25, 0.3) is 0 Å². The van der Waals surface area contributed by atoms with Crippen molar-refractivity contribution in [2.75, 3.05) is 51.0 Å². The van der Waals surface area contributed by atoms with Gasteiger partial charge in [0, 0.05) is 81.0 Å². The van der Waals surface area contributed by atoms with Crippen LogP contribution < -0.4 is 15.6 Å². The minimum absolute atomic E-state index is 0.129. The zero-order valence-corrected chi connectivity index (χ0v) is 23.3. The van der Waals surface area contributed by atoms with Crippen molar-refractivity contribution in [2.45, 2.75) is 18.5 Å². The largest absolute Gasteiger partial charge is 0.477 e. The van der Waals surface area contributed by atoms with Crippen molar-refractivity contribution in [1.29, 1.82) is 0 Å². The summed E-state index contributed by atoms with van der Waals surface area (Å²) in [4.78, 5) is 37.9. The molecule has 212 valence electrons. The number of rotatable bonds is 6. The molecule has 1 atom stereocenters. The molecule has 4 heterocycles. The second kappa shape index (κ2) is 9.62. The number of nitrogens with zero attached hydrogens (tertiary/aromatic N) is 5. The molecular formula is C30H30F2N6O3. The second-order valence-electron chi connectivity index (χ2n) is 11.2. The third kappa shape index (κ3) is 4.40. The number of benzene rings is 1. The van der Waals surface area contributed by atoms with E-state index in [2.05, 4.69) is 10.3 Å². The van der Waals surface area contributed by atoms with Gasteiger partial charge in [-0.1, -0.05) is 0 Å². The Morgan fingerprint density at radius 2 is 1.98 bits per heavy atom. The fourth-order valence-electron chi connectivity index (χ4n) is 6.32. The molecule has 1 fully saturated rings. The number of carboxylic acid groups (broad SMARTS) is 1. The first-order chi connectivity index (χ1) is 19.5. The van der Waals surface area contributed by atoms with Crippen LogP contribution in [0.15, 0.2) is 41.6 Å². The normalized spacial score (nSPS) is 17.8. The summed E-state index contributed by atoms with van der Waals surface area (Å²) in [5.41, 5.74) is 3.47. The number of pyridine rings is 3. The lowest BCUT2D eigenvalue weighted by Crippen LogP contribution is -2.39. The lowest BCUT2D eigenvalue weighted by atomic mass is 9.97. The predicted octanol–water partition coefficient (Wildman–Crippen LogP) is 3.93. The number of aromatic nitrogens is 3. The first-order valence-electron chi connectivity index (χ1n) is 13.3.